The number of nitrogens with one attached hydrogen (secondary N) is 1. The summed E-state index contributed by atoms with van der Waals surface area (Å²) in [7, 11) is 13.6. The first-order valence-electron chi connectivity index (χ1n) is 3.17. The van der Waals surface area contributed by atoms with Crippen molar-refractivity contribution in [2.75, 3.05) is 5.38 Å². The molecule has 0 aliphatic carbocycles. The standard InChI is InChI=1S/C5H10Cl3GeNO/c1-4(2)5(11)10-3-9(6,7)8/h4H,3H2,1-2H3,(H,10,11). The van der Waals surface area contributed by atoms with Crippen LogP contribution in [-0.4, -0.2) is 21.8 Å². The zero-order valence-electron chi connectivity index (χ0n) is 6.33. The van der Waals surface area contributed by atoms with Crippen LogP contribution in [0.4, 0.5) is 0 Å². The van der Waals surface area contributed by atoms with Gasteiger partial charge in [-0.25, -0.2) is 0 Å². The zero-order valence-corrected chi connectivity index (χ0v) is 10.7. The van der Waals surface area contributed by atoms with Gasteiger partial charge in [-0.15, -0.1) is 0 Å². The average molecular weight is 279 g/mol. The van der Waals surface area contributed by atoms with E-state index < -0.39 is 10.5 Å². The molecule has 0 aliphatic rings. The first-order valence-corrected chi connectivity index (χ1v) is 12.9. The van der Waals surface area contributed by atoms with Gasteiger partial charge in [0.1, 0.15) is 0 Å². The van der Waals surface area contributed by atoms with Gasteiger partial charge in [-0.05, 0) is 0 Å². The molecule has 1 N–H and O–H groups in total. The third-order valence-electron chi connectivity index (χ3n) is 0.987. The van der Waals surface area contributed by atoms with E-state index in [1.165, 1.54) is 0 Å². The zero-order chi connectivity index (χ0) is 9.07. The molecule has 1 amide bonds. The quantitative estimate of drug-likeness (QED) is 0.786. The van der Waals surface area contributed by atoms with Crippen molar-refractivity contribution in [2.24, 2.45) is 5.92 Å². The van der Waals surface area contributed by atoms with Gasteiger partial charge < -0.3 is 0 Å². The van der Waals surface area contributed by atoms with Gasteiger partial charge in [0.15, 0.2) is 0 Å². The van der Waals surface area contributed by atoms with Crippen LogP contribution in [0.5, 0.6) is 0 Å². The summed E-state index contributed by atoms with van der Waals surface area (Å²) >= 11 is 0. The average Bonchev–Trinajstić information content (AvgIpc) is 1.80. The second-order valence-electron chi connectivity index (χ2n) is 2.49. The first-order chi connectivity index (χ1) is 4.83. The van der Waals surface area contributed by atoms with Gasteiger partial charge in [0.2, 0.25) is 0 Å². The summed E-state index contributed by atoms with van der Waals surface area (Å²) in [5, 5.41) is 2.81. The molecule has 0 unspecified atom stereocenters. The second kappa shape index (κ2) is 4.80. The molecule has 0 aromatic rings. The molecule has 0 aromatic carbocycles. The van der Waals surface area contributed by atoms with Crippen molar-refractivity contribution in [1.82, 2.24) is 5.32 Å². The molecule has 66 valence electrons. The Balaban J connectivity index is 3.64. The van der Waals surface area contributed by atoms with Crippen LogP contribution in [0.15, 0.2) is 0 Å². The van der Waals surface area contributed by atoms with Crippen LogP contribution in [-0.2, 0) is 4.79 Å². The summed E-state index contributed by atoms with van der Waals surface area (Å²) < 4.78 is 0. The van der Waals surface area contributed by atoms with E-state index in [2.05, 4.69) is 5.32 Å². The first kappa shape index (κ1) is 11.9. The van der Waals surface area contributed by atoms with Crippen molar-refractivity contribution in [1.29, 1.82) is 0 Å². The van der Waals surface area contributed by atoms with Crippen LogP contribution in [0, 0.1) is 5.92 Å². The Labute approximate surface area is 81.5 Å². The van der Waals surface area contributed by atoms with Gasteiger partial charge >= 0.3 is 81.7 Å². The maximum absolute atomic E-state index is 10.9. The Bertz CT molecular complexity index is 145. The summed E-state index contributed by atoms with van der Waals surface area (Å²) in [6.07, 6.45) is 0. The molecule has 0 bridgehead atoms. The fourth-order valence-electron chi connectivity index (χ4n) is 0.391. The monoisotopic (exact) mass is 279 g/mol. The molecule has 0 rings (SSSR count). The molecule has 2 nitrogen and oxygen atoms in total. The van der Waals surface area contributed by atoms with Crippen molar-refractivity contribution in [3.63, 3.8) is 0 Å². The number of hydrogen-bond donors (Lipinski definition) is 1. The van der Waals surface area contributed by atoms with Gasteiger partial charge in [0.25, 0.3) is 0 Å². The molecular formula is C5H10Cl3GeNO. The van der Waals surface area contributed by atoms with Crippen LogP contribution >= 0.6 is 30.0 Å². The van der Waals surface area contributed by atoms with Crippen LogP contribution in [0.3, 0.4) is 0 Å². The third kappa shape index (κ3) is 7.25. The van der Waals surface area contributed by atoms with Gasteiger partial charge in [0.05, 0.1) is 0 Å². The van der Waals surface area contributed by atoms with Crippen molar-refractivity contribution in [3.05, 3.63) is 0 Å². The van der Waals surface area contributed by atoms with Crippen LogP contribution in [0.1, 0.15) is 13.8 Å². The number of carbonyl (C=O) groups excluding carboxylic acids is 1. The Kier molecular flexibility index (Phi) is 5.18. The molecule has 0 heterocycles. The summed E-state index contributed by atoms with van der Waals surface area (Å²) in [5.74, 6) is -0.119. The number of carbonyl (C=O) groups is 1. The number of rotatable bonds is 3. The fraction of sp³-hybridized carbons (Fsp3) is 0.800. The Morgan fingerprint density at radius 3 is 2.18 bits per heavy atom. The van der Waals surface area contributed by atoms with Crippen molar-refractivity contribution >= 4 is 46.4 Å². The number of hydrogen-bond acceptors (Lipinski definition) is 1. The van der Waals surface area contributed by atoms with E-state index in [0.29, 0.717) is 0 Å². The van der Waals surface area contributed by atoms with Gasteiger partial charge in [-0.1, -0.05) is 0 Å². The summed E-state index contributed by atoms with van der Waals surface area (Å²) in [6, 6.07) is 0. The Morgan fingerprint density at radius 1 is 1.45 bits per heavy atom. The predicted octanol–water partition coefficient (Wildman–Crippen LogP) is 1.95. The van der Waals surface area contributed by atoms with Crippen molar-refractivity contribution in [3.8, 4) is 0 Å². The fourth-order valence-corrected chi connectivity index (χ4v) is 2.22. The van der Waals surface area contributed by atoms with E-state index in [1.54, 1.807) is 13.8 Å². The van der Waals surface area contributed by atoms with Gasteiger partial charge in [-0.3, -0.25) is 0 Å². The van der Waals surface area contributed by atoms with E-state index in [4.69, 9.17) is 30.0 Å². The predicted molar refractivity (Wildman–Crippen MR) is 51.2 cm³/mol. The summed E-state index contributed by atoms with van der Waals surface area (Å²) in [6.45, 7) is 3.58. The van der Waals surface area contributed by atoms with Crippen molar-refractivity contribution in [2.45, 2.75) is 13.8 Å². The van der Waals surface area contributed by atoms with Crippen LogP contribution < -0.4 is 5.32 Å². The van der Waals surface area contributed by atoms with Crippen LogP contribution in [0.2, 0.25) is 0 Å². The van der Waals surface area contributed by atoms with E-state index >= 15 is 0 Å². The SMILES string of the molecule is CC(C)C(=O)N[CH2][Ge]([Cl])([Cl])[Cl]. The van der Waals surface area contributed by atoms with E-state index in [0.717, 1.165) is 0 Å². The molecular weight excluding hydrogens is 269 g/mol. The summed E-state index contributed by atoms with van der Waals surface area (Å²) in [4.78, 5) is 10.9. The van der Waals surface area contributed by atoms with E-state index in [-0.39, 0.29) is 17.2 Å². The van der Waals surface area contributed by atoms with E-state index in [9.17, 15) is 4.79 Å². The minimum atomic E-state index is -3.13. The molecule has 0 aliphatic heterocycles. The van der Waals surface area contributed by atoms with E-state index in [1.807, 2.05) is 0 Å². The maximum atomic E-state index is 10.9. The number of amides is 1. The number of halogens is 3. The molecule has 0 fully saturated rings. The van der Waals surface area contributed by atoms with Crippen molar-refractivity contribution < 1.29 is 4.79 Å². The molecule has 0 saturated carbocycles. The molecule has 6 heteroatoms. The third-order valence-corrected chi connectivity index (χ3v) is 4.28. The molecule has 11 heavy (non-hydrogen) atoms. The van der Waals surface area contributed by atoms with Crippen LogP contribution in [0.25, 0.3) is 0 Å². The Hall–Kier alpha value is 0.883. The second-order valence-corrected chi connectivity index (χ2v) is 18.9. The molecule has 0 spiro atoms. The Morgan fingerprint density at radius 2 is 1.91 bits per heavy atom. The molecule has 0 atom stereocenters. The molecule has 0 radical (unpaired) electrons. The minimum absolute atomic E-state index is 0.0512. The van der Waals surface area contributed by atoms with Gasteiger partial charge in [-0.2, -0.15) is 0 Å². The molecule has 0 aromatic heterocycles. The normalized spacial score (nSPS) is 11.8. The topological polar surface area (TPSA) is 29.1 Å². The molecule has 0 saturated heterocycles. The van der Waals surface area contributed by atoms with Gasteiger partial charge in [0, 0.05) is 0 Å². The summed E-state index contributed by atoms with van der Waals surface area (Å²) in [5.41, 5.74) is 0.